The van der Waals surface area contributed by atoms with Gasteiger partial charge in [0, 0.05) is 6.42 Å². The van der Waals surface area contributed by atoms with Gasteiger partial charge < -0.3 is 4.57 Å². The SMILES string of the molecule is CC(C)(C)CC(=O)Cn1c(Cl)nc2ccccc21. The van der Waals surface area contributed by atoms with Crippen LogP contribution in [0.1, 0.15) is 27.2 Å². The summed E-state index contributed by atoms with van der Waals surface area (Å²) in [5, 5.41) is 0.374. The lowest BCUT2D eigenvalue weighted by atomic mass is 9.90. The van der Waals surface area contributed by atoms with Crippen molar-refractivity contribution in [3.05, 3.63) is 29.5 Å². The van der Waals surface area contributed by atoms with Crippen molar-refractivity contribution in [2.75, 3.05) is 0 Å². The van der Waals surface area contributed by atoms with Gasteiger partial charge in [-0.3, -0.25) is 4.79 Å². The number of rotatable bonds is 3. The first kappa shape index (κ1) is 13.1. The average Bonchev–Trinajstić information content (AvgIpc) is 2.53. The normalized spacial score (nSPS) is 12.0. The molecule has 4 heteroatoms. The molecular formula is C14H17ClN2O. The fraction of sp³-hybridized carbons (Fsp3) is 0.429. The molecule has 0 fully saturated rings. The van der Waals surface area contributed by atoms with Crippen LogP contribution < -0.4 is 0 Å². The van der Waals surface area contributed by atoms with Crippen LogP contribution in [0.25, 0.3) is 11.0 Å². The quantitative estimate of drug-likeness (QED) is 0.847. The van der Waals surface area contributed by atoms with Crippen LogP contribution in [0.5, 0.6) is 0 Å². The summed E-state index contributed by atoms with van der Waals surface area (Å²) in [7, 11) is 0. The summed E-state index contributed by atoms with van der Waals surface area (Å²) >= 11 is 6.08. The van der Waals surface area contributed by atoms with E-state index in [9.17, 15) is 4.79 Å². The molecule has 0 unspecified atom stereocenters. The van der Waals surface area contributed by atoms with Crippen LogP contribution in [0.3, 0.4) is 0 Å². The lowest BCUT2D eigenvalue weighted by molar-refractivity contribution is -0.121. The van der Waals surface area contributed by atoms with Crippen LogP contribution in [0.4, 0.5) is 0 Å². The minimum Gasteiger partial charge on any atom is -0.307 e. The van der Waals surface area contributed by atoms with E-state index >= 15 is 0 Å². The first-order chi connectivity index (χ1) is 8.37. The van der Waals surface area contributed by atoms with Gasteiger partial charge >= 0.3 is 0 Å². The first-order valence-corrected chi connectivity index (χ1v) is 6.37. The molecule has 0 radical (unpaired) electrons. The number of hydrogen-bond donors (Lipinski definition) is 0. The highest BCUT2D eigenvalue weighted by atomic mass is 35.5. The Labute approximate surface area is 112 Å². The van der Waals surface area contributed by atoms with E-state index in [1.807, 2.05) is 24.3 Å². The second-order valence-electron chi connectivity index (χ2n) is 5.73. The van der Waals surface area contributed by atoms with Gasteiger partial charge in [-0.1, -0.05) is 32.9 Å². The monoisotopic (exact) mass is 264 g/mol. The summed E-state index contributed by atoms with van der Waals surface area (Å²) in [6.45, 7) is 6.45. The molecule has 0 aliphatic heterocycles. The second kappa shape index (κ2) is 4.73. The molecule has 0 aliphatic rings. The lowest BCUT2D eigenvalue weighted by Crippen LogP contribution is -2.17. The number of ketones is 1. The first-order valence-electron chi connectivity index (χ1n) is 5.99. The Morgan fingerprint density at radius 1 is 1.33 bits per heavy atom. The third kappa shape index (κ3) is 2.91. The summed E-state index contributed by atoms with van der Waals surface area (Å²) < 4.78 is 1.77. The van der Waals surface area contributed by atoms with Gasteiger partial charge in [0.25, 0.3) is 0 Å². The fourth-order valence-electron chi connectivity index (χ4n) is 2.02. The summed E-state index contributed by atoms with van der Waals surface area (Å²) in [5.41, 5.74) is 1.73. The second-order valence-corrected chi connectivity index (χ2v) is 6.07. The topological polar surface area (TPSA) is 34.9 Å². The van der Waals surface area contributed by atoms with E-state index in [1.54, 1.807) is 4.57 Å². The molecule has 96 valence electrons. The molecule has 0 aliphatic carbocycles. The number of nitrogens with zero attached hydrogens (tertiary/aromatic N) is 2. The van der Waals surface area contributed by atoms with Crippen LogP contribution in [-0.2, 0) is 11.3 Å². The van der Waals surface area contributed by atoms with E-state index in [1.165, 1.54) is 0 Å². The summed E-state index contributed by atoms with van der Waals surface area (Å²) in [4.78, 5) is 16.3. The summed E-state index contributed by atoms with van der Waals surface area (Å²) in [5.74, 6) is 0.174. The van der Waals surface area contributed by atoms with Gasteiger partial charge in [-0.25, -0.2) is 4.98 Å². The zero-order valence-corrected chi connectivity index (χ0v) is 11.7. The van der Waals surface area contributed by atoms with Crippen LogP contribution in [-0.4, -0.2) is 15.3 Å². The zero-order chi connectivity index (χ0) is 13.3. The highest BCUT2D eigenvalue weighted by molar-refractivity contribution is 6.29. The summed E-state index contributed by atoms with van der Waals surface area (Å²) in [6, 6.07) is 7.66. The van der Waals surface area contributed by atoms with E-state index in [0.717, 1.165) is 11.0 Å². The van der Waals surface area contributed by atoms with E-state index in [-0.39, 0.29) is 17.7 Å². The molecule has 0 spiro atoms. The Bertz CT molecular complexity index is 581. The lowest BCUT2D eigenvalue weighted by Gasteiger charge is -2.17. The maximum absolute atomic E-state index is 12.0. The molecule has 1 heterocycles. The van der Waals surface area contributed by atoms with Crippen molar-refractivity contribution in [3.8, 4) is 0 Å². The van der Waals surface area contributed by atoms with E-state index in [4.69, 9.17) is 11.6 Å². The summed E-state index contributed by atoms with van der Waals surface area (Å²) in [6.07, 6.45) is 0.538. The zero-order valence-electron chi connectivity index (χ0n) is 10.9. The van der Waals surface area contributed by atoms with Crippen molar-refractivity contribution in [2.45, 2.75) is 33.7 Å². The third-order valence-electron chi connectivity index (χ3n) is 2.67. The standard InChI is InChI=1S/C14H17ClN2O/c1-14(2,3)8-10(18)9-17-12-7-5-4-6-11(12)16-13(17)15/h4-7H,8-9H2,1-3H3. The molecule has 1 aromatic carbocycles. The number of carbonyl (C=O) groups is 1. The van der Waals surface area contributed by atoms with E-state index in [2.05, 4.69) is 25.8 Å². The number of halogens is 1. The van der Waals surface area contributed by atoms with Gasteiger partial charge in [-0.05, 0) is 29.1 Å². The van der Waals surface area contributed by atoms with E-state index < -0.39 is 0 Å². The molecule has 18 heavy (non-hydrogen) atoms. The number of carbonyl (C=O) groups excluding carboxylic acids is 1. The van der Waals surface area contributed by atoms with Crippen LogP contribution in [0.2, 0.25) is 5.28 Å². The van der Waals surface area contributed by atoms with Gasteiger partial charge in [0.2, 0.25) is 5.28 Å². The maximum Gasteiger partial charge on any atom is 0.204 e. The third-order valence-corrected chi connectivity index (χ3v) is 2.96. The van der Waals surface area contributed by atoms with Gasteiger partial charge in [0.05, 0.1) is 17.6 Å². The van der Waals surface area contributed by atoms with Gasteiger partial charge in [0.15, 0.2) is 5.78 Å². The molecule has 0 saturated carbocycles. The molecule has 2 aromatic rings. The van der Waals surface area contributed by atoms with Crippen molar-refractivity contribution in [2.24, 2.45) is 5.41 Å². The fourth-order valence-corrected chi connectivity index (χ4v) is 2.26. The Hall–Kier alpha value is -1.35. The Kier molecular flexibility index (Phi) is 3.44. The van der Waals surface area contributed by atoms with Crippen molar-refractivity contribution in [1.82, 2.24) is 9.55 Å². The van der Waals surface area contributed by atoms with Crippen LogP contribution in [0.15, 0.2) is 24.3 Å². The molecule has 0 N–H and O–H groups in total. The Morgan fingerprint density at radius 3 is 2.67 bits per heavy atom. The Morgan fingerprint density at radius 2 is 2.00 bits per heavy atom. The maximum atomic E-state index is 12.0. The van der Waals surface area contributed by atoms with Gasteiger partial charge in [-0.2, -0.15) is 0 Å². The highest BCUT2D eigenvalue weighted by Gasteiger charge is 2.18. The molecule has 2 rings (SSSR count). The largest absolute Gasteiger partial charge is 0.307 e. The number of hydrogen-bond acceptors (Lipinski definition) is 2. The molecule has 0 saturated heterocycles. The minimum atomic E-state index is -0.0000550. The molecule has 0 atom stereocenters. The number of benzene rings is 1. The molecule has 1 aromatic heterocycles. The number of imidazole rings is 1. The van der Waals surface area contributed by atoms with Crippen molar-refractivity contribution < 1.29 is 4.79 Å². The van der Waals surface area contributed by atoms with Crippen LogP contribution >= 0.6 is 11.6 Å². The van der Waals surface area contributed by atoms with E-state index in [0.29, 0.717) is 11.7 Å². The van der Waals surface area contributed by atoms with Crippen molar-refractivity contribution in [1.29, 1.82) is 0 Å². The predicted molar refractivity (Wildman–Crippen MR) is 73.8 cm³/mol. The average molecular weight is 265 g/mol. The van der Waals surface area contributed by atoms with Crippen molar-refractivity contribution in [3.63, 3.8) is 0 Å². The predicted octanol–water partition coefficient (Wildman–Crippen LogP) is 3.70. The smallest absolute Gasteiger partial charge is 0.204 e. The minimum absolute atomic E-state index is 0.0000550. The Balaban J connectivity index is 2.27. The molecule has 3 nitrogen and oxygen atoms in total. The number of aromatic nitrogens is 2. The molecular weight excluding hydrogens is 248 g/mol. The number of Topliss-reactive ketones (excluding diaryl/α,β-unsaturated/α-hetero) is 1. The van der Waals surface area contributed by atoms with Crippen molar-refractivity contribution >= 4 is 28.4 Å². The van der Waals surface area contributed by atoms with Gasteiger partial charge in [-0.15, -0.1) is 0 Å². The van der Waals surface area contributed by atoms with Crippen LogP contribution in [0, 0.1) is 5.41 Å². The number of para-hydroxylation sites is 2. The molecule has 0 bridgehead atoms. The molecule has 0 amide bonds. The number of fused-ring (bicyclic) bond motifs is 1. The highest BCUT2D eigenvalue weighted by Crippen LogP contribution is 2.22. The van der Waals surface area contributed by atoms with Gasteiger partial charge in [0.1, 0.15) is 0 Å².